The molecule has 0 unspecified atom stereocenters. The third-order valence-corrected chi connectivity index (χ3v) is 5.63. The van der Waals surface area contributed by atoms with Crippen molar-refractivity contribution in [3.05, 3.63) is 59.7 Å². The first-order chi connectivity index (χ1) is 15.1. The zero-order chi connectivity index (χ0) is 22.2. The maximum Gasteiger partial charge on any atom is 0.253 e. The van der Waals surface area contributed by atoms with Gasteiger partial charge in [-0.15, -0.1) is 0 Å². The van der Waals surface area contributed by atoms with Crippen LogP contribution in [0, 0.1) is 5.92 Å². The minimum atomic E-state index is -0.377. The number of carbonyl (C=O) groups excluding carboxylic acids is 2. The minimum Gasteiger partial charge on any atom is -0.497 e. The quantitative estimate of drug-likeness (QED) is 0.624. The van der Waals surface area contributed by atoms with E-state index in [0.29, 0.717) is 43.3 Å². The SMILES string of the molecule is COCCCNC(=O)[C@H]1CN(C(=O)c2ccccc2)C[C@@H]1c1ccc(OC)cc1OC. The second-order valence-electron chi connectivity index (χ2n) is 7.53. The number of amides is 2. The van der Waals surface area contributed by atoms with Crippen molar-refractivity contribution in [1.29, 1.82) is 0 Å². The Kier molecular flexibility index (Phi) is 7.89. The Labute approximate surface area is 183 Å². The molecular weight excluding hydrogens is 396 g/mol. The van der Waals surface area contributed by atoms with Crippen LogP contribution in [0.25, 0.3) is 0 Å². The number of hydrogen-bond acceptors (Lipinski definition) is 5. The fourth-order valence-electron chi connectivity index (χ4n) is 4.00. The number of likely N-dealkylation sites (tertiary alicyclic amines) is 1. The lowest BCUT2D eigenvalue weighted by Crippen LogP contribution is -2.36. The van der Waals surface area contributed by atoms with Crippen LogP contribution in [0.1, 0.15) is 28.3 Å². The zero-order valence-electron chi connectivity index (χ0n) is 18.3. The molecule has 0 aromatic heterocycles. The highest BCUT2D eigenvalue weighted by Crippen LogP contribution is 2.39. The van der Waals surface area contributed by atoms with Gasteiger partial charge in [-0.2, -0.15) is 0 Å². The van der Waals surface area contributed by atoms with E-state index in [1.54, 1.807) is 38.4 Å². The Morgan fingerprint density at radius 2 is 1.81 bits per heavy atom. The molecule has 1 N–H and O–H groups in total. The summed E-state index contributed by atoms with van der Waals surface area (Å²) in [5.41, 5.74) is 1.51. The van der Waals surface area contributed by atoms with Crippen LogP contribution >= 0.6 is 0 Å². The van der Waals surface area contributed by atoms with Gasteiger partial charge in [0.2, 0.25) is 5.91 Å². The Balaban J connectivity index is 1.86. The van der Waals surface area contributed by atoms with Crippen LogP contribution in [0.4, 0.5) is 0 Å². The molecule has 0 saturated carbocycles. The highest BCUT2D eigenvalue weighted by Gasteiger charge is 2.41. The van der Waals surface area contributed by atoms with E-state index in [-0.39, 0.29) is 23.7 Å². The van der Waals surface area contributed by atoms with Crippen molar-refractivity contribution >= 4 is 11.8 Å². The molecule has 2 amide bonds. The fourth-order valence-corrected chi connectivity index (χ4v) is 4.00. The molecule has 2 aromatic carbocycles. The van der Waals surface area contributed by atoms with Gasteiger partial charge in [-0.3, -0.25) is 9.59 Å². The molecule has 2 atom stereocenters. The standard InChI is InChI=1S/C24H30N2O5/c1-29-13-7-12-25-23(27)21-16-26(24(28)17-8-5-4-6-9-17)15-20(21)19-11-10-18(30-2)14-22(19)31-3/h4-6,8-11,14,20-21H,7,12-13,15-16H2,1-3H3,(H,25,27)/t20-,21+/m1/s1. The zero-order valence-corrected chi connectivity index (χ0v) is 18.3. The summed E-state index contributed by atoms with van der Waals surface area (Å²) in [7, 11) is 4.83. The first kappa shape index (κ1) is 22.6. The van der Waals surface area contributed by atoms with E-state index in [2.05, 4.69) is 5.32 Å². The van der Waals surface area contributed by atoms with Gasteiger partial charge in [-0.1, -0.05) is 24.3 Å². The number of ether oxygens (including phenoxy) is 3. The van der Waals surface area contributed by atoms with Crippen molar-refractivity contribution in [2.24, 2.45) is 5.92 Å². The lowest BCUT2D eigenvalue weighted by Gasteiger charge is -2.21. The predicted molar refractivity (Wildman–Crippen MR) is 118 cm³/mol. The molecule has 1 saturated heterocycles. The Hall–Kier alpha value is -3.06. The van der Waals surface area contributed by atoms with Gasteiger partial charge in [0.25, 0.3) is 5.91 Å². The lowest BCUT2D eigenvalue weighted by atomic mass is 9.87. The van der Waals surface area contributed by atoms with Crippen LogP contribution in [-0.2, 0) is 9.53 Å². The molecule has 31 heavy (non-hydrogen) atoms. The Morgan fingerprint density at radius 1 is 1.03 bits per heavy atom. The molecule has 1 aliphatic heterocycles. The summed E-state index contributed by atoms with van der Waals surface area (Å²) in [6.07, 6.45) is 0.734. The molecule has 0 bridgehead atoms. The summed E-state index contributed by atoms with van der Waals surface area (Å²) in [6.45, 7) is 1.90. The van der Waals surface area contributed by atoms with Gasteiger partial charge in [0.05, 0.1) is 20.1 Å². The summed E-state index contributed by atoms with van der Waals surface area (Å²) in [5, 5.41) is 3.00. The summed E-state index contributed by atoms with van der Waals surface area (Å²) >= 11 is 0. The number of carbonyl (C=O) groups is 2. The van der Waals surface area contributed by atoms with Gasteiger partial charge in [0, 0.05) is 56.5 Å². The van der Waals surface area contributed by atoms with Gasteiger partial charge in [0.1, 0.15) is 11.5 Å². The topological polar surface area (TPSA) is 77.1 Å². The second kappa shape index (κ2) is 10.8. The molecule has 1 aliphatic rings. The third kappa shape index (κ3) is 5.35. The van der Waals surface area contributed by atoms with Crippen LogP contribution in [0.3, 0.4) is 0 Å². The van der Waals surface area contributed by atoms with Crippen LogP contribution in [0.5, 0.6) is 11.5 Å². The summed E-state index contributed by atoms with van der Waals surface area (Å²) in [5.74, 6) is 0.621. The van der Waals surface area contributed by atoms with Crippen molar-refractivity contribution in [3.63, 3.8) is 0 Å². The molecule has 1 fully saturated rings. The molecule has 3 rings (SSSR count). The average molecular weight is 427 g/mol. The van der Waals surface area contributed by atoms with Gasteiger partial charge in [0.15, 0.2) is 0 Å². The molecule has 0 aliphatic carbocycles. The average Bonchev–Trinajstić information content (AvgIpc) is 3.26. The van der Waals surface area contributed by atoms with E-state index in [1.165, 1.54) is 0 Å². The van der Waals surface area contributed by atoms with Crippen LogP contribution in [0.2, 0.25) is 0 Å². The second-order valence-corrected chi connectivity index (χ2v) is 7.53. The summed E-state index contributed by atoms with van der Waals surface area (Å²) < 4.78 is 16.0. The van der Waals surface area contributed by atoms with Gasteiger partial charge in [-0.25, -0.2) is 0 Å². The van der Waals surface area contributed by atoms with Crippen LogP contribution in [0.15, 0.2) is 48.5 Å². The highest BCUT2D eigenvalue weighted by molar-refractivity contribution is 5.95. The number of rotatable bonds is 9. The predicted octanol–water partition coefficient (Wildman–Crippen LogP) is 2.71. The lowest BCUT2D eigenvalue weighted by molar-refractivity contribution is -0.124. The van der Waals surface area contributed by atoms with Crippen LogP contribution in [-0.4, -0.2) is 64.3 Å². The number of hydrogen-bond donors (Lipinski definition) is 1. The van der Waals surface area contributed by atoms with E-state index in [9.17, 15) is 9.59 Å². The minimum absolute atomic E-state index is 0.0673. The van der Waals surface area contributed by atoms with E-state index >= 15 is 0 Å². The molecular formula is C24H30N2O5. The molecule has 2 aromatic rings. The van der Waals surface area contributed by atoms with Crippen molar-refractivity contribution in [3.8, 4) is 11.5 Å². The number of nitrogens with one attached hydrogen (secondary N) is 1. The maximum atomic E-state index is 13.1. The Morgan fingerprint density at radius 3 is 2.48 bits per heavy atom. The largest absolute Gasteiger partial charge is 0.497 e. The number of benzene rings is 2. The smallest absolute Gasteiger partial charge is 0.253 e. The monoisotopic (exact) mass is 426 g/mol. The molecule has 7 heteroatoms. The van der Waals surface area contributed by atoms with Gasteiger partial charge >= 0.3 is 0 Å². The third-order valence-electron chi connectivity index (χ3n) is 5.63. The fraction of sp³-hybridized carbons (Fsp3) is 0.417. The summed E-state index contributed by atoms with van der Waals surface area (Å²) in [4.78, 5) is 27.9. The molecule has 1 heterocycles. The van der Waals surface area contributed by atoms with E-state index in [1.807, 2.05) is 36.4 Å². The number of methoxy groups -OCH3 is 3. The van der Waals surface area contributed by atoms with Crippen molar-refractivity contribution < 1.29 is 23.8 Å². The first-order valence-corrected chi connectivity index (χ1v) is 10.4. The normalized spacial score (nSPS) is 18.0. The first-order valence-electron chi connectivity index (χ1n) is 10.4. The van der Waals surface area contributed by atoms with Gasteiger partial charge < -0.3 is 24.4 Å². The Bertz CT molecular complexity index is 887. The molecule has 0 spiro atoms. The van der Waals surface area contributed by atoms with E-state index in [4.69, 9.17) is 14.2 Å². The molecule has 0 radical (unpaired) electrons. The molecule has 7 nitrogen and oxygen atoms in total. The highest BCUT2D eigenvalue weighted by atomic mass is 16.5. The van der Waals surface area contributed by atoms with E-state index < -0.39 is 0 Å². The van der Waals surface area contributed by atoms with Crippen molar-refractivity contribution in [2.75, 3.05) is 47.6 Å². The number of nitrogens with zero attached hydrogens (tertiary/aromatic N) is 1. The van der Waals surface area contributed by atoms with Gasteiger partial charge in [-0.05, 0) is 24.6 Å². The maximum absolute atomic E-state index is 13.1. The molecule has 166 valence electrons. The van der Waals surface area contributed by atoms with Crippen LogP contribution < -0.4 is 14.8 Å². The van der Waals surface area contributed by atoms with E-state index in [0.717, 1.165) is 12.0 Å². The van der Waals surface area contributed by atoms with Crippen molar-refractivity contribution in [1.82, 2.24) is 10.2 Å². The summed E-state index contributed by atoms with van der Waals surface area (Å²) in [6, 6.07) is 14.7. The van der Waals surface area contributed by atoms with Crippen molar-refractivity contribution in [2.45, 2.75) is 12.3 Å².